The van der Waals surface area contributed by atoms with Crippen LogP contribution < -0.4 is 4.90 Å². The first-order chi connectivity index (χ1) is 5.91. The van der Waals surface area contributed by atoms with Crippen LogP contribution in [0.15, 0.2) is 12.4 Å². The third kappa shape index (κ3) is 2.30. The second-order valence-corrected chi connectivity index (χ2v) is 2.65. The van der Waals surface area contributed by atoms with E-state index in [-0.39, 0.29) is 0 Å². The van der Waals surface area contributed by atoms with E-state index in [1.807, 2.05) is 0 Å². The molecule has 3 nitrogen and oxygen atoms in total. The van der Waals surface area contributed by atoms with Crippen molar-refractivity contribution in [2.24, 2.45) is 0 Å². The van der Waals surface area contributed by atoms with Crippen molar-refractivity contribution in [3.8, 4) is 0 Å². The van der Waals surface area contributed by atoms with Gasteiger partial charge in [0.05, 0.1) is 12.4 Å². The average Bonchev–Trinajstić information content (AvgIpc) is 2.03. The Morgan fingerprint density at radius 1 is 1.15 bits per heavy atom. The molecule has 0 saturated carbocycles. The van der Waals surface area contributed by atoms with E-state index in [0.717, 1.165) is 12.4 Å². The van der Waals surface area contributed by atoms with Crippen LogP contribution in [0.1, 0.15) is 5.69 Å². The first kappa shape index (κ1) is 9.76. The van der Waals surface area contributed by atoms with Crippen LogP contribution in [0.2, 0.25) is 0 Å². The number of alkyl halides is 3. The van der Waals surface area contributed by atoms with Crippen molar-refractivity contribution in [1.82, 2.24) is 9.97 Å². The highest BCUT2D eigenvalue weighted by molar-refractivity contribution is 5.33. The summed E-state index contributed by atoms with van der Waals surface area (Å²) < 4.78 is 36.0. The molecule has 1 rings (SSSR count). The van der Waals surface area contributed by atoms with Gasteiger partial charge in [-0.05, 0) is 0 Å². The fraction of sp³-hybridized carbons (Fsp3) is 0.429. The molecular weight excluding hydrogens is 183 g/mol. The Hall–Kier alpha value is -1.33. The molecule has 1 aromatic heterocycles. The zero-order chi connectivity index (χ0) is 10.1. The van der Waals surface area contributed by atoms with Crippen LogP contribution in [-0.2, 0) is 6.18 Å². The highest BCUT2D eigenvalue weighted by atomic mass is 19.4. The van der Waals surface area contributed by atoms with Crippen molar-refractivity contribution < 1.29 is 13.2 Å². The van der Waals surface area contributed by atoms with Crippen LogP contribution in [0.4, 0.5) is 19.0 Å². The molecule has 0 N–H and O–H groups in total. The molecule has 1 aromatic rings. The van der Waals surface area contributed by atoms with E-state index in [2.05, 4.69) is 9.97 Å². The van der Waals surface area contributed by atoms with Gasteiger partial charge in [0.25, 0.3) is 0 Å². The van der Waals surface area contributed by atoms with E-state index in [9.17, 15) is 13.2 Å². The molecule has 0 atom stereocenters. The summed E-state index contributed by atoms with van der Waals surface area (Å²) in [6.07, 6.45) is -2.62. The standard InChI is InChI=1S/C7H8F3N3/c1-13(2)6-4-11-5(3-12-6)7(8,9)10/h3-4H,1-2H3. The van der Waals surface area contributed by atoms with Gasteiger partial charge in [-0.2, -0.15) is 13.2 Å². The van der Waals surface area contributed by atoms with E-state index in [4.69, 9.17) is 0 Å². The van der Waals surface area contributed by atoms with Crippen molar-refractivity contribution in [3.63, 3.8) is 0 Å². The van der Waals surface area contributed by atoms with Gasteiger partial charge in [-0.15, -0.1) is 0 Å². The van der Waals surface area contributed by atoms with E-state index in [1.165, 1.54) is 0 Å². The Kier molecular flexibility index (Phi) is 2.40. The molecule has 6 heteroatoms. The fourth-order valence-electron chi connectivity index (χ4n) is 0.699. The van der Waals surface area contributed by atoms with Crippen molar-refractivity contribution in [2.45, 2.75) is 6.18 Å². The number of halogens is 3. The van der Waals surface area contributed by atoms with E-state index in [0.29, 0.717) is 5.82 Å². The molecular formula is C7H8F3N3. The smallest absolute Gasteiger partial charge is 0.361 e. The second-order valence-electron chi connectivity index (χ2n) is 2.65. The Morgan fingerprint density at radius 2 is 1.77 bits per heavy atom. The van der Waals surface area contributed by atoms with Gasteiger partial charge in [0.2, 0.25) is 0 Å². The lowest BCUT2D eigenvalue weighted by molar-refractivity contribution is -0.141. The van der Waals surface area contributed by atoms with Gasteiger partial charge >= 0.3 is 6.18 Å². The zero-order valence-corrected chi connectivity index (χ0v) is 7.13. The van der Waals surface area contributed by atoms with Gasteiger partial charge < -0.3 is 4.90 Å². The van der Waals surface area contributed by atoms with Crippen LogP contribution in [-0.4, -0.2) is 24.1 Å². The lowest BCUT2D eigenvalue weighted by Gasteiger charge is -2.11. The van der Waals surface area contributed by atoms with Crippen molar-refractivity contribution in [2.75, 3.05) is 19.0 Å². The van der Waals surface area contributed by atoms with E-state index < -0.39 is 11.9 Å². The van der Waals surface area contributed by atoms with Crippen LogP contribution in [0.25, 0.3) is 0 Å². The van der Waals surface area contributed by atoms with Gasteiger partial charge in [0.15, 0.2) is 5.69 Å². The minimum Gasteiger partial charge on any atom is -0.361 e. The number of aromatic nitrogens is 2. The van der Waals surface area contributed by atoms with Gasteiger partial charge in [0, 0.05) is 14.1 Å². The summed E-state index contributed by atoms with van der Waals surface area (Å²) in [4.78, 5) is 8.41. The number of rotatable bonds is 1. The van der Waals surface area contributed by atoms with Gasteiger partial charge in [-0.3, -0.25) is 0 Å². The summed E-state index contributed by atoms with van der Waals surface area (Å²) in [5.74, 6) is 0.396. The molecule has 0 aliphatic carbocycles. The molecule has 0 fully saturated rings. The van der Waals surface area contributed by atoms with Crippen LogP contribution in [0.5, 0.6) is 0 Å². The summed E-state index contributed by atoms with van der Waals surface area (Å²) in [6.45, 7) is 0. The van der Waals surface area contributed by atoms with Gasteiger partial charge in [-0.25, -0.2) is 9.97 Å². The summed E-state index contributed by atoms with van der Waals surface area (Å²) in [5, 5.41) is 0. The SMILES string of the molecule is CN(C)c1cnc(C(F)(F)F)cn1. The Morgan fingerprint density at radius 3 is 2.08 bits per heavy atom. The first-order valence-electron chi connectivity index (χ1n) is 3.48. The molecule has 0 saturated heterocycles. The molecule has 0 unspecified atom stereocenters. The number of nitrogens with zero attached hydrogens (tertiary/aromatic N) is 3. The Balaban J connectivity index is 2.94. The molecule has 0 amide bonds. The zero-order valence-electron chi connectivity index (χ0n) is 7.13. The topological polar surface area (TPSA) is 29.0 Å². The minimum atomic E-state index is -4.42. The maximum atomic E-state index is 12.0. The molecule has 0 aromatic carbocycles. The summed E-state index contributed by atoms with van der Waals surface area (Å²) >= 11 is 0. The van der Waals surface area contributed by atoms with Crippen molar-refractivity contribution in [1.29, 1.82) is 0 Å². The molecule has 13 heavy (non-hydrogen) atoms. The third-order valence-corrected chi connectivity index (χ3v) is 1.39. The van der Waals surface area contributed by atoms with Crippen LogP contribution in [0, 0.1) is 0 Å². The number of hydrogen-bond acceptors (Lipinski definition) is 3. The molecule has 0 bridgehead atoms. The highest BCUT2D eigenvalue weighted by Gasteiger charge is 2.32. The summed E-state index contributed by atoms with van der Waals surface area (Å²) in [6, 6.07) is 0. The van der Waals surface area contributed by atoms with Gasteiger partial charge in [-0.1, -0.05) is 0 Å². The number of hydrogen-bond donors (Lipinski definition) is 0. The minimum absolute atomic E-state index is 0.396. The van der Waals surface area contributed by atoms with Crippen molar-refractivity contribution in [3.05, 3.63) is 18.1 Å². The third-order valence-electron chi connectivity index (χ3n) is 1.39. The molecule has 0 radical (unpaired) electrons. The summed E-state index contributed by atoms with van der Waals surface area (Å²) in [5.41, 5.74) is -0.974. The fourth-order valence-corrected chi connectivity index (χ4v) is 0.699. The van der Waals surface area contributed by atoms with Crippen LogP contribution >= 0.6 is 0 Å². The van der Waals surface area contributed by atoms with Crippen LogP contribution in [0.3, 0.4) is 0 Å². The predicted octanol–water partition coefficient (Wildman–Crippen LogP) is 1.56. The summed E-state index contributed by atoms with van der Waals surface area (Å²) in [7, 11) is 3.36. The molecule has 0 aliphatic rings. The van der Waals surface area contributed by atoms with Gasteiger partial charge in [0.1, 0.15) is 5.82 Å². The molecule has 1 heterocycles. The first-order valence-corrected chi connectivity index (χ1v) is 3.48. The molecule has 0 aliphatic heterocycles. The maximum absolute atomic E-state index is 12.0. The Bertz CT molecular complexity index is 278. The highest BCUT2D eigenvalue weighted by Crippen LogP contribution is 2.26. The number of anilines is 1. The second kappa shape index (κ2) is 3.20. The largest absolute Gasteiger partial charge is 0.434 e. The lowest BCUT2D eigenvalue weighted by Crippen LogP contribution is -2.14. The average molecular weight is 191 g/mol. The molecule has 0 spiro atoms. The quantitative estimate of drug-likeness (QED) is 0.674. The van der Waals surface area contributed by atoms with E-state index >= 15 is 0 Å². The lowest BCUT2D eigenvalue weighted by atomic mass is 10.4. The molecule has 72 valence electrons. The van der Waals surface area contributed by atoms with E-state index in [1.54, 1.807) is 19.0 Å². The Labute approximate surface area is 73.2 Å². The monoisotopic (exact) mass is 191 g/mol. The van der Waals surface area contributed by atoms with Crippen molar-refractivity contribution >= 4 is 5.82 Å². The normalized spacial score (nSPS) is 11.5. The maximum Gasteiger partial charge on any atom is 0.434 e. The predicted molar refractivity (Wildman–Crippen MR) is 41.4 cm³/mol.